The zero-order chi connectivity index (χ0) is 14.0. The topological polar surface area (TPSA) is 84.7 Å². The second kappa shape index (κ2) is 5.73. The Morgan fingerprint density at radius 1 is 1.20 bits per heavy atom. The first-order chi connectivity index (χ1) is 9.69. The number of aliphatic hydroxyl groups excluding tert-OH is 1. The molecule has 1 aliphatic carbocycles. The highest BCUT2D eigenvalue weighted by molar-refractivity contribution is 5.15. The molecule has 1 saturated carbocycles. The van der Waals surface area contributed by atoms with Crippen LogP contribution in [0.5, 0.6) is 0 Å². The largest absolute Gasteiger partial charge is 0.368 e. The van der Waals surface area contributed by atoms with Crippen molar-refractivity contribution in [3.8, 4) is 0 Å². The molecule has 6 nitrogen and oxygen atoms in total. The lowest BCUT2D eigenvalue weighted by Crippen LogP contribution is -2.32. The average Bonchev–Trinajstić information content (AvgIpc) is 2.83. The van der Waals surface area contributed by atoms with Crippen LogP contribution in [0.4, 0.5) is 0 Å². The molecule has 0 amide bonds. The fourth-order valence-corrected chi connectivity index (χ4v) is 3.02. The molecule has 1 atom stereocenters. The van der Waals surface area contributed by atoms with Crippen molar-refractivity contribution >= 4 is 0 Å². The van der Waals surface area contributed by atoms with Gasteiger partial charge in [0.05, 0.1) is 18.0 Å². The predicted molar refractivity (Wildman–Crippen MR) is 69.6 cm³/mol. The van der Waals surface area contributed by atoms with Gasteiger partial charge in [-0.2, -0.15) is 0 Å². The maximum Gasteiger partial charge on any atom is 0.169 e. The lowest BCUT2D eigenvalue weighted by Gasteiger charge is -2.31. The molecule has 1 saturated heterocycles. The number of nitrogens with zero attached hydrogens (tertiary/aromatic N) is 2. The molecule has 1 aromatic heterocycles. The Morgan fingerprint density at radius 2 is 1.95 bits per heavy atom. The molecule has 0 unspecified atom stereocenters. The second-order valence-corrected chi connectivity index (χ2v) is 5.46. The molecule has 110 valence electrons. The minimum absolute atomic E-state index is 0.0516. The van der Waals surface area contributed by atoms with Crippen LogP contribution in [0.2, 0.25) is 0 Å². The normalized spacial score (nSPS) is 25.4. The molecular weight excluding hydrogens is 260 g/mol. The van der Waals surface area contributed by atoms with E-state index in [1.807, 2.05) is 0 Å². The minimum atomic E-state index is -1.43. The van der Waals surface area contributed by atoms with Crippen LogP contribution in [0.1, 0.15) is 49.6 Å². The zero-order valence-corrected chi connectivity index (χ0v) is 11.4. The Hall–Kier alpha value is -1.08. The predicted octanol–water partition coefficient (Wildman–Crippen LogP) is 1.08. The number of ether oxygens (including phenoxy) is 2. The molecule has 20 heavy (non-hydrogen) atoms. The summed E-state index contributed by atoms with van der Waals surface area (Å²) in [4.78, 5) is 8.48. The highest BCUT2D eigenvalue weighted by atomic mass is 16.7. The Balaban J connectivity index is 1.77. The van der Waals surface area contributed by atoms with E-state index in [4.69, 9.17) is 19.7 Å². The van der Waals surface area contributed by atoms with E-state index in [1.165, 1.54) is 6.42 Å². The summed E-state index contributed by atoms with van der Waals surface area (Å²) in [5, 5.41) is 18.3. The Bertz CT molecular complexity index is 460. The van der Waals surface area contributed by atoms with Gasteiger partial charge in [0.15, 0.2) is 12.1 Å². The summed E-state index contributed by atoms with van der Waals surface area (Å²) in [5.74, 6) is -0.463. The van der Waals surface area contributed by atoms with Gasteiger partial charge in [-0.3, -0.25) is 9.97 Å². The van der Waals surface area contributed by atoms with Crippen molar-refractivity contribution in [1.29, 1.82) is 0 Å². The zero-order valence-electron chi connectivity index (χ0n) is 11.4. The second-order valence-electron chi connectivity index (χ2n) is 5.46. The molecular formula is C14H20N2O4. The number of hydrogen-bond acceptors (Lipinski definition) is 6. The number of aliphatic hydroxyl groups is 2. The van der Waals surface area contributed by atoms with Gasteiger partial charge in [0.25, 0.3) is 0 Å². The monoisotopic (exact) mass is 280 g/mol. The molecule has 1 aromatic rings. The first-order valence-electron chi connectivity index (χ1n) is 7.16. The standard InChI is InChI=1S/C14H20N2O4/c17-12(18)8-10-13(16-7-6-15-10)11-9-19-14(20-11)4-2-1-3-5-14/h6-7,11-12,17-18H,1-5,8-9H2/t11-/m0/s1. The number of rotatable bonds is 3. The summed E-state index contributed by atoms with van der Waals surface area (Å²) in [7, 11) is 0. The van der Waals surface area contributed by atoms with E-state index in [9.17, 15) is 0 Å². The number of hydrogen-bond donors (Lipinski definition) is 2. The molecule has 0 aromatic carbocycles. The van der Waals surface area contributed by atoms with Gasteiger partial charge < -0.3 is 19.7 Å². The summed E-state index contributed by atoms with van der Waals surface area (Å²) in [6.07, 6.45) is 6.80. The molecule has 2 aliphatic rings. The van der Waals surface area contributed by atoms with E-state index in [0.29, 0.717) is 18.0 Å². The smallest absolute Gasteiger partial charge is 0.169 e. The van der Waals surface area contributed by atoms with Crippen LogP contribution in [0.3, 0.4) is 0 Å². The van der Waals surface area contributed by atoms with E-state index in [1.54, 1.807) is 12.4 Å². The third kappa shape index (κ3) is 2.83. The van der Waals surface area contributed by atoms with Crippen LogP contribution in [0.15, 0.2) is 12.4 Å². The molecule has 2 heterocycles. The van der Waals surface area contributed by atoms with E-state index in [-0.39, 0.29) is 12.5 Å². The highest BCUT2D eigenvalue weighted by Crippen LogP contribution is 2.42. The SMILES string of the molecule is OC(O)Cc1nccnc1[C@@H]1COC2(CCCCC2)O1. The Morgan fingerprint density at radius 3 is 2.70 bits per heavy atom. The summed E-state index contributed by atoms with van der Waals surface area (Å²) in [6, 6.07) is 0. The van der Waals surface area contributed by atoms with E-state index >= 15 is 0 Å². The molecule has 6 heteroatoms. The van der Waals surface area contributed by atoms with Crippen LogP contribution in [-0.4, -0.2) is 38.9 Å². The van der Waals surface area contributed by atoms with Crippen LogP contribution in [0, 0.1) is 0 Å². The van der Waals surface area contributed by atoms with Gasteiger partial charge in [-0.05, 0) is 12.8 Å². The average molecular weight is 280 g/mol. The molecule has 1 spiro atoms. The molecule has 0 radical (unpaired) electrons. The van der Waals surface area contributed by atoms with Crippen LogP contribution in [-0.2, 0) is 15.9 Å². The lowest BCUT2D eigenvalue weighted by atomic mass is 9.94. The van der Waals surface area contributed by atoms with Crippen molar-refractivity contribution < 1.29 is 19.7 Å². The van der Waals surface area contributed by atoms with E-state index in [2.05, 4.69) is 9.97 Å². The lowest BCUT2D eigenvalue weighted by molar-refractivity contribution is -0.188. The number of aromatic nitrogens is 2. The summed E-state index contributed by atoms with van der Waals surface area (Å²) < 4.78 is 12.0. The van der Waals surface area contributed by atoms with E-state index < -0.39 is 12.1 Å². The molecule has 1 aliphatic heterocycles. The third-order valence-electron chi connectivity index (χ3n) is 3.96. The maximum absolute atomic E-state index is 9.13. The summed E-state index contributed by atoms with van der Waals surface area (Å²) >= 11 is 0. The van der Waals surface area contributed by atoms with Gasteiger partial charge in [0.1, 0.15) is 6.10 Å². The van der Waals surface area contributed by atoms with Gasteiger partial charge >= 0.3 is 0 Å². The molecule has 3 rings (SSSR count). The van der Waals surface area contributed by atoms with Crippen molar-refractivity contribution in [1.82, 2.24) is 9.97 Å². The summed E-state index contributed by atoms with van der Waals surface area (Å²) in [5.41, 5.74) is 1.21. The van der Waals surface area contributed by atoms with E-state index in [0.717, 1.165) is 25.7 Å². The highest BCUT2D eigenvalue weighted by Gasteiger charge is 2.43. The van der Waals surface area contributed by atoms with Crippen LogP contribution >= 0.6 is 0 Å². The molecule has 2 fully saturated rings. The van der Waals surface area contributed by atoms with Gasteiger partial charge in [0.2, 0.25) is 0 Å². The molecule has 0 bridgehead atoms. The van der Waals surface area contributed by atoms with Crippen molar-refractivity contribution in [2.24, 2.45) is 0 Å². The van der Waals surface area contributed by atoms with Gasteiger partial charge in [-0.25, -0.2) is 0 Å². The summed E-state index contributed by atoms with van der Waals surface area (Å²) in [6.45, 7) is 0.452. The quantitative estimate of drug-likeness (QED) is 0.806. The fourth-order valence-electron chi connectivity index (χ4n) is 3.02. The first-order valence-corrected chi connectivity index (χ1v) is 7.16. The molecule has 2 N–H and O–H groups in total. The van der Waals surface area contributed by atoms with Crippen molar-refractivity contribution in [2.75, 3.05) is 6.61 Å². The fraction of sp³-hybridized carbons (Fsp3) is 0.714. The van der Waals surface area contributed by atoms with Gasteiger partial charge in [0, 0.05) is 31.7 Å². The van der Waals surface area contributed by atoms with Gasteiger partial charge in [-0.1, -0.05) is 6.42 Å². The van der Waals surface area contributed by atoms with Gasteiger partial charge in [-0.15, -0.1) is 0 Å². The first kappa shape index (κ1) is 13.9. The third-order valence-corrected chi connectivity index (χ3v) is 3.96. The Kier molecular flexibility index (Phi) is 3.98. The van der Waals surface area contributed by atoms with Crippen molar-refractivity contribution in [3.63, 3.8) is 0 Å². The van der Waals surface area contributed by atoms with Crippen LogP contribution < -0.4 is 0 Å². The van der Waals surface area contributed by atoms with Crippen molar-refractivity contribution in [3.05, 3.63) is 23.8 Å². The van der Waals surface area contributed by atoms with Crippen LogP contribution in [0.25, 0.3) is 0 Å². The van der Waals surface area contributed by atoms with Crippen molar-refractivity contribution in [2.45, 2.75) is 56.7 Å². The minimum Gasteiger partial charge on any atom is -0.368 e. The Labute approximate surface area is 117 Å². The maximum atomic E-state index is 9.13.